The number of carbonyl (C=O) groups is 1. The van der Waals surface area contributed by atoms with E-state index in [1.165, 1.54) is 6.33 Å². The molecule has 1 aromatic carbocycles. The molecule has 1 amide bonds. The van der Waals surface area contributed by atoms with Crippen LogP contribution in [0, 0.1) is 5.82 Å². The molecule has 1 atom stereocenters. The van der Waals surface area contributed by atoms with E-state index in [0.717, 1.165) is 25.1 Å². The predicted molar refractivity (Wildman–Crippen MR) is 149 cm³/mol. The van der Waals surface area contributed by atoms with Crippen molar-refractivity contribution in [3.05, 3.63) is 41.4 Å². The van der Waals surface area contributed by atoms with Crippen LogP contribution in [0.2, 0.25) is 5.02 Å². The Morgan fingerprint density at radius 3 is 2.77 bits per heavy atom. The van der Waals surface area contributed by atoms with E-state index in [-0.39, 0.29) is 34.2 Å². The number of fused-ring (bicyclic) bond motifs is 1. The predicted octanol–water partition coefficient (Wildman–Crippen LogP) is 5.32. The Hall–Kier alpha value is -3.44. The highest BCUT2D eigenvalue weighted by atomic mass is 35.5. The molecule has 40 heavy (non-hydrogen) atoms. The van der Waals surface area contributed by atoms with Crippen LogP contribution in [0.3, 0.4) is 0 Å². The number of benzene rings is 1. The lowest BCUT2D eigenvalue weighted by Gasteiger charge is -2.62. The molecule has 12 heteroatoms. The zero-order valence-electron chi connectivity index (χ0n) is 22.7. The van der Waals surface area contributed by atoms with Crippen LogP contribution in [0.25, 0.3) is 11.0 Å². The van der Waals surface area contributed by atoms with E-state index in [1.807, 2.05) is 37.8 Å². The summed E-state index contributed by atoms with van der Waals surface area (Å²) in [4.78, 5) is 30.0. The van der Waals surface area contributed by atoms with E-state index in [0.29, 0.717) is 49.7 Å². The van der Waals surface area contributed by atoms with Crippen molar-refractivity contribution in [1.29, 1.82) is 0 Å². The lowest BCUT2D eigenvalue weighted by atomic mass is 9.78. The summed E-state index contributed by atoms with van der Waals surface area (Å²) in [7, 11) is 0. The molecule has 2 aromatic heterocycles. The highest BCUT2D eigenvalue weighted by molar-refractivity contribution is 6.32. The van der Waals surface area contributed by atoms with Crippen LogP contribution in [-0.4, -0.2) is 76.0 Å². The second-order valence-corrected chi connectivity index (χ2v) is 11.9. The van der Waals surface area contributed by atoms with Crippen molar-refractivity contribution in [1.82, 2.24) is 19.9 Å². The number of pyridine rings is 1. The smallest absolute Gasteiger partial charge is 0.410 e. The average molecular weight is 571 g/mol. The van der Waals surface area contributed by atoms with Gasteiger partial charge >= 0.3 is 6.09 Å². The van der Waals surface area contributed by atoms with E-state index in [9.17, 15) is 4.79 Å². The van der Waals surface area contributed by atoms with Gasteiger partial charge in [-0.05, 0) is 64.3 Å². The summed E-state index contributed by atoms with van der Waals surface area (Å²) in [6.45, 7) is 8.62. The molecule has 0 bridgehead atoms. The molecule has 0 radical (unpaired) electrons. The molecule has 6 rings (SSSR count). The second-order valence-electron chi connectivity index (χ2n) is 11.5. The summed E-state index contributed by atoms with van der Waals surface area (Å²) in [5.41, 5.74) is 0.474. The van der Waals surface area contributed by atoms with Crippen molar-refractivity contribution in [2.45, 2.75) is 57.3 Å². The van der Waals surface area contributed by atoms with Crippen molar-refractivity contribution in [3.8, 4) is 5.75 Å². The highest BCUT2D eigenvalue weighted by Crippen LogP contribution is 2.42. The van der Waals surface area contributed by atoms with Crippen molar-refractivity contribution >= 4 is 46.1 Å². The Balaban J connectivity index is 1.17. The first-order chi connectivity index (χ1) is 19.1. The first-order valence-corrected chi connectivity index (χ1v) is 13.9. The minimum atomic E-state index is -0.647. The van der Waals surface area contributed by atoms with Crippen LogP contribution < -0.4 is 15.0 Å². The molecule has 1 spiro atoms. The number of nitrogens with zero attached hydrogens (tertiary/aromatic N) is 5. The quantitative estimate of drug-likeness (QED) is 0.422. The van der Waals surface area contributed by atoms with Crippen LogP contribution in [0.4, 0.5) is 26.5 Å². The summed E-state index contributed by atoms with van der Waals surface area (Å²) in [6.07, 6.45) is 3.93. The Kier molecular flexibility index (Phi) is 6.82. The minimum absolute atomic E-state index is 0.00413. The number of hydrogen-bond donors (Lipinski definition) is 1. The Morgan fingerprint density at radius 1 is 1.25 bits per heavy atom. The monoisotopic (exact) mass is 570 g/mol. The molecular formula is C28H32ClFN6O4. The number of rotatable bonds is 6. The Labute approximate surface area is 236 Å². The van der Waals surface area contributed by atoms with Gasteiger partial charge in [-0.2, -0.15) is 0 Å². The SMILES string of the molecule is CC(C)(C)OC(=O)N1CCC12CN(c1ccc3ncnc(Nc4ccc(OC[C@H]5CCCO5)c(Cl)c4F)c3n1)C2. The maximum Gasteiger partial charge on any atom is 0.410 e. The molecule has 212 valence electrons. The molecule has 0 aliphatic carbocycles. The van der Waals surface area contributed by atoms with Gasteiger partial charge in [0.15, 0.2) is 11.6 Å². The first kappa shape index (κ1) is 26.8. The molecule has 5 heterocycles. The zero-order valence-corrected chi connectivity index (χ0v) is 23.5. The van der Waals surface area contributed by atoms with Crippen molar-refractivity contribution in [2.75, 3.05) is 43.1 Å². The number of aromatic nitrogens is 3. The van der Waals surface area contributed by atoms with Gasteiger partial charge in [-0.3, -0.25) is 4.90 Å². The number of halogens is 2. The normalized spacial score (nSPS) is 19.9. The van der Waals surface area contributed by atoms with Crippen molar-refractivity contribution in [2.24, 2.45) is 0 Å². The Morgan fingerprint density at radius 2 is 2.08 bits per heavy atom. The molecule has 3 fully saturated rings. The second kappa shape index (κ2) is 10.2. The molecule has 1 N–H and O–H groups in total. The summed E-state index contributed by atoms with van der Waals surface area (Å²) < 4.78 is 32.1. The minimum Gasteiger partial charge on any atom is -0.489 e. The van der Waals surface area contributed by atoms with E-state index in [4.69, 9.17) is 30.8 Å². The number of anilines is 3. The summed E-state index contributed by atoms with van der Waals surface area (Å²) in [5.74, 6) is 0.690. The summed E-state index contributed by atoms with van der Waals surface area (Å²) in [5, 5.41) is 2.91. The third kappa shape index (κ3) is 5.08. The number of hydrogen-bond acceptors (Lipinski definition) is 9. The van der Waals surface area contributed by atoms with E-state index in [1.54, 1.807) is 12.1 Å². The van der Waals surface area contributed by atoms with E-state index < -0.39 is 11.4 Å². The standard InChI is InChI=1S/C28H32ClFN6O4/c1-27(2,3)40-26(37)36-11-10-28(36)14-35(15-28)21-9-7-19-24(34-21)25(32-16-31-19)33-18-6-8-20(22(29)23(18)30)39-13-17-5-4-12-38-17/h6-9,16-17H,4-5,10-15H2,1-3H3,(H,31,32,33)/t17-/m1/s1. The number of ether oxygens (including phenoxy) is 3. The van der Waals surface area contributed by atoms with E-state index in [2.05, 4.69) is 20.2 Å². The maximum atomic E-state index is 15.2. The van der Waals surface area contributed by atoms with Crippen LogP contribution in [0.5, 0.6) is 5.75 Å². The molecule has 0 saturated carbocycles. The number of likely N-dealkylation sites (tertiary alicyclic amines) is 1. The van der Waals surface area contributed by atoms with Gasteiger partial charge in [0.1, 0.15) is 40.6 Å². The molecule has 10 nitrogen and oxygen atoms in total. The van der Waals surface area contributed by atoms with Crippen molar-refractivity contribution < 1.29 is 23.4 Å². The lowest BCUT2D eigenvalue weighted by molar-refractivity contribution is -0.0562. The lowest BCUT2D eigenvalue weighted by Crippen LogP contribution is -2.78. The van der Waals surface area contributed by atoms with Gasteiger partial charge in [0.25, 0.3) is 0 Å². The van der Waals surface area contributed by atoms with Crippen LogP contribution >= 0.6 is 11.6 Å². The number of nitrogens with one attached hydrogen (secondary N) is 1. The summed E-state index contributed by atoms with van der Waals surface area (Å²) in [6, 6.07) is 6.93. The largest absolute Gasteiger partial charge is 0.489 e. The average Bonchev–Trinajstić information content (AvgIpc) is 3.38. The van der Waals surface area contributed by atoms with Gasteiger partial charge in [0.05, 0.1) is 22.8 Å². The number of amides is 1. The van der Waals surface area contributed by atoms with Crippen LogP contribution in [-0.2, 0) is 9.47 Å². The molecule has 3 aliphatic heterocycles. The zero-order chi connectivity index (χ0) is 28.1. The van der Waals surface area contributed by atoms with Gasteiger partial charge in [0, 0.05) is 26.2 Å². The fraction of sp³-hybridized carbons (Fsp3) is 0.500. The van der Waals surface area contributed by atoms with Gasteiger partial charge in [-0.15, -0.1) is 0 Å². The van der Waals surface area contributed by atoms with Crippen molar-refractivity contribution in [3.63, 3.8) is 0 Å². The molecule has 3 saturated heterocycles. The van der Waals surface area contributed by atoms with E-state index >= 15 is 4.39 Å². The Bertz CT molecular complexity index is 1440. The molecule has 0 unspecified atom stereocenters. The molecular weight excluding hydrogens is 539 g/mol. The fourth-order valence-electron chi connectivity index (χ4n) is 5.32. The molecule has 3 aromatic rings. The van der Waals surface area contributed by atoms with Crippen LogP contribution in [0.15, 0.2) is 30.6 Å². The van der Waals surface area contributed by atoms with Crippen LogP contribution in [0.1, 0.15) is 40.0 Å². The highest BCUT2D eigenvalue weighted by Gasteiger charge is 2.56. The molecule has 3 aliphatic rings. The first-order valence-electron chi connectivity index (χ1n) is 13.5. The van der Waals surface area contributed by atoms with Gasteiger partial charge in [-0.1, -0.05) is 11.6 Å². The van der Waals surface area contributed by atoms with Gasteiger partial charge < -0.3 is 24.4 Å². The number of carbonyl (C=O) groups excluding carboxylic acids is 1. The third-order valence-corrected chi connectivity index (χ3v) is 7.85. The summed E-state index contributed by atoms with van der Waals surface area (Å²) >= 11 is 6.30. The maximum absolute atomic E-state index is 15.2. The topological polar surface area (TPSA) is 102 Å². The third-order valence-electron chi connectivity index (χ3n) is 7.50. The van der Waals surface area contributed by atoms with Gasteiger partial charge in [-0.25, -0.2) is 24.1 Å². The van der Waals surface area contributed by atoms with Gasteiger partial charge in [0.2, 0.25) is 0 Å². The fourth-order valence-corrected chi connectivity index (χ4v) is 5.54.